The summed E-state index contributed by atoms with van der Waals surface area (Å²) in [6.45, 7) is 2.45. The van der Waals surface area contributed by atoms with E-state index in [0.717, 1.165) is 25.6 Å². The van der Waals surface area contributed by atoms with E-state index in [1.165, 1.54) is 0 Å². The van der Waals surface area contributed by atoms with Gasteiger partial charge in [0.25, 0.3) is 0 Å². The molecule has 1 aromatic heterocycles. The molecule has 1 saturated heterocycles. The van der Waals surface area contributed by atoms with Crippen molar-refractivity contribution >= 4 is 0 Å². The second kappa shape index (κ2) is 2.27. The monoisotopic (exact) mass is 166 g/mol. The summed E-state index contributed by atoms with van der Waals surface area (Å²) in [7, 11) is 0. The third kappa shape index (κ3) is 0.804. The molecular formula is C7H10N4O. The van der Waals surface area contributed by atoms with Crippen LogP contribution in [0.15, 0.2) is 6.33 Å². The van der Waals surface area contributed by atoms with Crippen molar-refractivity contribution in [2.45, 2.75) is 18.6 Å². The molecule has 0 aliphatic carbocycles. The van der Waals surface area contributed by atoms with Crippen molar-refractivity contribution in [3.8, 4) is 0 Å². The fourth-order valence-electron chi connectivity index (χ4n) is 1.88. The molecule has 2 unspecified atom stereocenters. The summed E-state index contributed by atoms with van der Waals surface area (Å²) >= 11 is 0. The molecule has 0 spiro atoms. The minimum atomic E-state index is 0.250. The lowest BCUT2D eigenvalue weighted by molar-refractivity contribution is 0.0241. The lowest BCUT2D eigenvalue weighted by Gasteiger charge is -2.35. The van der Waals surface area contributed by atoms with E-state index in [2.05, 4.69) is 20.1 Å². The molecule has 12 heavy (non-hydrogen) atoms. The van der Waals surface area contributed by atoms with Crippen molar-refractivity contribution in [2.24, 2.45) is 0 Å². The summed E-state index contributed by atoms with van der Waals surface area (Å²) in [4.78, 5) is 0. The summed E-state index contributed by atoms with van der Waals surface area (Å²) in [6.07, 6.45) is 1.79. The molecular weight excluding hydrogens is 156 g/mol. The van der Waals surface area contributed by atoms with Crippen LogP contribution in [0.25, 0.3) is 0 Å². The minimum absolute atomic E-state index is 0.250. The maximum Gasteiger partial charge on any atom is 0.152 e. The number of nitrogens with one attached hydrogen (secondary N) is 1. The molecule has 2 aliphatic heterocycles. The van der Waals surface area contributed by atoms with Gasteiger partial charge in [0.1, 0.15) is 6.33 Å². The van der Waals surface area contributed by atoms with Crippen LogP contribution in [-0.2, 0) is 11.3 Å². The van der Waals surface area contributed by atoms with Crippen LogP contribution in [0.5, 0.6) is 0 Å². The molecule has 3 rings (SSSR count). The van der Waals surface area contributed by atoms with Gasteiger partial charge < -0.3 is 9.30 Å². The van der Waals surface area contributed by atoms with Crippen LogP contribution < -0.4 is 5.32 Å². The van der Waals surface area contributed by atoms with Crippen molar-refractivity contribution in [1.82, 2.24) is 20.1 Å². The molecule has 1 N–H and O–H groups in total. The van der Waals surface area contributed by atoms with Crippen LogP contribution in [0.2, 0.25) is 0 Å². The minimum Gasteiger partial charge on any atom is -0.378 e. The van der Waals surface area contributed by atoms with Crippen LogP contribution in [0.3, 0.4) is 0 Å². The highest BCUT2D eigenvalue weighted by atomic mass is 16.5. The van der Waals surface area contributed by atoms with Gasteiger partial charge in [0.05, 0.1) is 19.3 Å². The molecule has 5 nitrogen and oxygen atoms in total. The van der Waals surface area contributed by atoms with Gasteiger partial charge in [-0.25, -0.2) is 0 Å². The number of ether oxygens (including phenoxy) is 1. The molecule has 64 valence electrons. The number of nitrogens with zero attached hydrogens (tertiary/aromatic N) is 3. The number of aromatic nitrogens is 3. The highest BCUT2D eigenvalue weighted by molar-refractivity contribution is 5.02. The first-order valence-electron chi connectivity index (χ1n) is 4.15. The summed E-state index contributed by atoms with van der Waals surface area (Å²) in [5, 5.41) is 11.4. The van der Waals surface area contributed by atoms with Gasteiger partial charge in [-0.05, 0) is 0 Å². The number of hydrogen-bond donors (Lipinski definition) is 1. The van der Waals surface area contributed by atoms with E-state index in [0.29, 0.717) is 6.04 Å². The zero-order valence-corrected chi connectivity index (χ0v) is 6.60. The Morgan fingerprint density at radius 1 is 1.58 bits per heavy atom. The largest absolute Gasteiger partial charge is 0.378 e. The fraction of sp³-hybridized carbons (Fsp3) is 0.714. The maximum atomic E-state index is 5.42. The van der Waals surface area contributed by atoms with E-state index in [4.69, 9.17) is 4.74 Å². The highest BCUT2D eigenvalue weighted by Gasteiger charge is 2.31. The van der Waals surface area contributed by atoms with Crippen LogP contribution in [0.4, 0.5) is 0 Å². The third-order valence-electron chi connectivity index (χ3n) is 2.41. The second-order valence-electron chi connectivity index (χ2n) is 3.30. The number of hydrogen-bond acceptors (Lipinski definition) is 4. The van der Waals surface area contributed by atoms with Crippen LogP contribution in [0.1, 0.15) is 11.9 Å². The van der Waals surface area contributed by atoms with E-state index in [1.54, 1.807) is 6.33 Å². The Balaban J connectivity index is 2.04. The lowest BCUT2D eigenvalue weighted by Crippen LogP contribution is -2.50. The van der Waals surface area contributed by atoms with E-state index in [1.807, 2.05) is 0 Å². The Bertz CT molecular complexity index is 297. The molecule has 2 atom stereocenters. The first-order valence-corrected chi connectivity index (χ1v) is 4.15. The molecule has 5 heteroatoms. The van der Waals surface area contributed by atoms with Gasteiger partial charge >= 0.3 is 0 Å². The number of rotatable bonds is 0. The van der Waals surface area contributed by atoms with Gasteiger partial charge in [-0.15, -0.1) is 10.2 Å². The molecule has 0 aromatic carbocycles. The smallest absolute Gasteiger partial charge is 0.152 e. The van der Waals surface area contributed by atoms with Crippen molar-refractivity contribution in [3.05, 3.63) is 12.2 Å². The Morgan fingerprint density at radius 2 is 2.58 bits per heavy atom. The Labute approximate surface area is 69.7 Å². The summed E-state index contributed by atoms with van der Waals surface area (Å²) < 4.78 is 7.52. The topological polar surface area (TPSA) is 52.0 Å². The van der Waals surface area contributed by atoms with Crippen molar-refractivity contribution in [2.75, 3.05) is 13.2 Å². The van der Waals surface area contributed by atoms with Gasteiger partial charge in [-0.1, -0.05) is 0 Å². The van der Waals surface area contributed by atoms with E-state index < -0.39 is 0 Å². The molecule has 0 saturated carbocycles. The van der Waals surface area contributed by atoms with Gasteiger partial charge in [0.2, 0.25) is 0 Å². The molecule has 1 aromatic rings. The Hall–Kier alpha value is -0.940. The molecule has 3 heterocycles. The number of morpholine rings is 1. The maximum absolute atomic E-state index is 5.42. The van der Waals surface area contributed by atoms with Crippen LogP contribution >= 0.6 is 0 Å². The third-order valence-corrected chi connectivity index (χ3v) is 2.41. The van der Waals surface area contributed by atoms with E-state index >= 15 is 0 Å². The van der Waals surface area contributed by atoms with Gasteiger partial charge in [0.15, 0.2) is 5.82 Å². The first kappa shape index (κ1) is 6.56. The van der Waals surface area contributed by atoms with Crippen molar-refractivity contribution in [1.29, 1.82) is 0 Å². The van der Waals surface area contributed by atoms with Crippen LogP contribution in [0, 0.1) is 0 Å². The summed E-state index contributed by atoms with van der Waals surface area (Å²) in [5.41, 5.74) is 0. The highest BCUT2D eigenvalue weighted by Crippen LogP contribution is 2.20. The molecule has 2 bridgehead atoms. The van der Waals surface area contributed by atoms with Gasteiger partial charge in [0, 0.05) is 12.6 Å². The van der Waals surface area contributed by atoms with E-state index in [-0.39, 0.29) is 6.04 Å². The van der Waals surface area contributed by atoms with E-state index in [9.17, 15) is 0 Å². The summed E-state index contributed by atoms with van der Waals surface area (Å²) in [6, 6.07) is 0.687. The molecule has 0 radical (unpaired) electrons. The van der Waals surface area contributed by atoms with Gasteiger partial charge in [-0.2, -0.15) is 0 Å². The van der Waals surface area contributed by atoms with Crippen LogP contribution in [-0.4, -0.2) is 34.0 Å². The Kier molecular flexibility index (Phi) is 1.24. The average Bonchev–Trinajstić information content (AvgIpc) is 2.53. The Morgan fingerprint density at radius 3 is 3.58 bits per heavy atom. The predicted molar refractivity (Wildman–Crippen MR) is 40.5 cm³/mol. The SMILES string of the molecule is c1nnc2n1CC1COCC2N1. The zero-order valence-electron chi connectivity index (χ0n) is 6.60. The number of fused-ring (bicyclic) bond motifs is 4. The van der Waals surface area contributed by atoms with Gasteiger partial charge in [-0.3, -0.25) is 5.32 Å². The average molecular weight is 166 g/mol. The summed E-state index contributed by atoms with van der Waals surface area (Å²) in [5.74, 6) is 1.01. The molecule has 1 fully saturated rings. The first-order chi connectivity index (χ1) is 5.93. The lowest BCUT2D eigenvalue weighted by atomic mass is 10.1. The standard InChI is InChI=1S/C7H10N4O/c1-5-2-12-3-6(9-5)7-10-8-4-11(1)7/h4-6,9H,1-3H2. The molecule has 2 aliphatic rings. The quantitative estimate of drug-likeness (QED) is 0.555. The predicted octanol–water partition coefficient (Wildman–Crippen LogP) is -0.679. The zero-order chi connectivity index (χ0) is 7.97. The van der Waals surface area contributed by atoms with Crippen molar-refractivity contribution < 1.29 is 4.74 Å². The molecule has 0 amide bonds. The van der Waals surface area contributed by atoms with Crippen molar-refractivity contribution in [3.63, 3.8) is 0 Å². The second-order valence-corrected chi connectivity index (χ2v) is 3.30. The normalized spacial score (nSPS) is 33.0. The fourth-order valence-corrected chi connectivity index (χ4v) is 1.88.